The van der Waals surface area contributed by atoms with Gasteiger partial charge in [-0.2, -0.15) is 0 Å². The highest BCUT2D eigenvalue weighted by molar-refractivity contribution is 5.82. The Hall–Kier alpha value is -1.06. The van der Waals surface area contributed by atoms with E-state index in [9.17, 15) is 9.59 Å². The predicted octanol–water partition coefficient (Wildman–Crippen LogP) is 4.11. The molecular weight excluding hydrogens is 304 g/mol. The van der Waals surface area contributed by atoms with Crippen molar-refractivity contribution in [3.63, 3.8) is 0 Å². The van der Waals surface area contributed by atoms with Crippen LogP contribution in [0.3, 0.4) is 0 Å². The first-order valence-corrected chi connectivity index (χ1v) is 9.37. The van der Waals surface area contributed by atoms with Gasteiger partial charge in [-0.1, -0.05) is 41.5 Å². The summed E-state index contributed by atoms with van der Waals surface area (Å²) < 4.78 is 11.6. The first kappa shape index (κ1) is 17.8. The third-order valence-electron chi connectivity index (χ3n) is 6.49. The molecule has 2 saturated heterocycles. The highest BCUT2D eigenvalue weighted by Gasteiger charge is 2.68. The number of hydrogen-bond donors (Lipinski definition) is 0. The summed E-state index contributed by atoms with van der Waals surface area (Å²) in [6, 6.07) is 0. The Morgan fingerprint density at radius 2 is 1.92 bits per heavy atom. The van der Waals surface area contributed by atoms with Gasteiger partial charge in [-0.25, -0.2) is 0 Å². The second-order valence-corrected chi connectivity index (χ2v) is 10.2. The van der Waals surface area contributed by atoms with Crippen molar-refractivity contribution in [2.45, 2.75) is 85.9 Å². The third-order valence-corrected chi connectivity index (χ3v) is 6.49. The first-order chi connectivity index (χ1) is 11.0. The molecule has 4 nitrogen and oxygen atoms in total. The van der Waals surface area contributed by atoms with Gasteiger partial charge >= 0.3 is 11.9 Å². The average Bonchev–Trinajstić information content (AvgIpc) is 3.04. The van der Waals surface area contributed by atoms with E-state index in [1.807, 2.05) is 0 Å². The Bertz CT molecular complexity index is 544. The van der Waals surface area contributed by atoms with E-state index in [-0.39, 0.29) is 52.2 Å². The van der Waals surface area contributed by atoms with E-state index < -0.39 is 0 Å². The molecular formula is C20H32O4. The predicted molar refractivity (Wildman–Crippen MR) is 91.2 cm³/mol. The van der Waals surface area contributed by atoms with Crippen LogP contribution in [-0.4, -0.2) is 24.1 Å². The minimum atomic E-state index is -0.374. The van der Waals surface area contributed by atoms with Gasteiger partial charge in [0.15, 0.2) is 0 Å². The van der Waals surface area contributed by atoms with Gasteiger partial charge in [-0.3, -0.25) is 9.59 Å². The Kier molecular flexibility index (Phi) is 4.05. The number of rotatable bonds is 3. The lowest BCUT2D eigenvalue weighted by molar-refractivity contribution is -0.164. The van der Waals surface area contributed by atoms with E-state index in [1.165, 1.54) is 0 Å². The molecule has 4 heteroatoms. The zero-order valence-corrected chi connectivity index (χ0v) is 16.0. The summed E-state index contributed by atoms with van der Waals surface area (Å²) in [5, 5.41) is 0. The van der Waals surface area contributed by atoms with Crippen molar-refractivity contribution in [1.29, 1.82) is 0 Å². The topological polar surface area (TPSA) is 52.6 Å². The summed E-state index contributed by atoms with van der Waals surface area (Å²) in [5.74, 6) is -0.186. The lowest BCUT2D eigenvalue weighted by atomic mass is 9.79. The highest BCUT2D eigenvalue weighted by Crippen LogP contribution is 2.68. The Balaban J connectivity index is 1.75. The molecule has 0 amide bonds. The zero-order valence-electron chi connectivity index (χ0n) is 16.0. The molecule has 0 spiro atoms. The molecule has 136 valence electrons. The number of carbonyl (C=O) groups is 2. The highest BCUT2D eigenvalue weighted by atomic mass is 16.6. The Labute approximate surface area is 145 Å². The van der Waals surface area contributed by atoms with Crippen LogP contribution in [0, 0.1) is 28.1 Å². The van der Waals surface area contributed by atoms with Gasteiger partial charge in [0.2, 0.25) is 0 Å². The second-order valence-electron chi connectivity index (χ2n) is 10.2. The van der Waals surface area contributed by atoms with Gasteiger partial charge in [-0.15, -0.1) is 0 Å². The molecule has 2 heterocycles. The van der Waals surface area contributed by atoms with Crippen molar-refractivity contribution in [3.8, 4) is 0 Å². The van der Waals surface area contributed by atoms with Crippen molar-refractivity contribution in [2.75, 3.05) is 0 Å². The van der Waals surface area contributed by atoms with E-state index in [0.717, 1.165) is 25.7 Å². The lowest BCUT2D eigenvalue weighted by Gasteiger charge is -2.31. The molecule has 0 radical (unpaired) electrons. The smallest absolute Gasteiger partial charge is 0.312 e. The molecule has 4 fully saturated rings. The van der Waals surface area contributed by atoms with Crippen LogP contribution in [0.15, 0.2) is 0 Å². The van der Waals surface area contributed by atoms with E-state index in [0.29, 0.717) is 6.42 Å². The molecule has 4 aliphatic rings. The zero-order chi connectivity index (χ0) is 17.9. The summed E-state index contributed by atoms with van der Waals surface area (Å²) in [5.41, 5.74) is -0.294. The van der Waals surface area contributed by atoms with Crippen LogP contribution in [0.5, 0.6) is 0 Å². The minimum absolute atomic E-state index is 0.00334. The van der Waals surface area contributed by atoms with Crippen LogP contribution in [0.4, 0.5) is 0 Å². The number of carbonyl (C=O) groups excluding carboxylic acids is 2. The second kappa shape index (κ2) is 5.47. The third kappa shape index (κ3) is 2.97. The molecule has 0 aromatic carbocycles. The van der Waals surface area contributed by atoms with Gasteiger partial charge in [0.1, 0.15) is 12.2 Å². The van der Waals surface area contributed by atoms with Gasteiger partial charge in [-0.05, 0) is 42.9 Å². The standard InChI is InChI=1S/C20H32O4/c1-12-14-8-7-13(16(21)23-14)9-15(12)24-17(22)20(10-18(2,3)4)11-19(20,5)6/h12-15H,7-11H2,1-6H3. The molecule has 2 bridgehead atoms. The van der Waals surface area contributed by atoms with Gasteiger partial charge in [0, 0.05) is 5.92 Å². The number of ether oxygens (including phenoxy) is 2. The molecule has 4 rings (SSSR count). The first-order valence-electron chi connectivity index (χ1n) is 9.37. The van der Waals surface area contributed by atoms with E-state index in [4.69, 9.17) is 9.47 Å². The van der Waals surface area contributed by atoms with Crippen LogP contribution in [0.1, 0.15) is 73.6 Å². The normalized spacial score (nSPS) is 40.7. The number of esters is 2. The fourth-order valence-corrected chi connectivity index (χ4v) is 4.85. The fourth-order valence-electron chi connectivity index (χ4n) is 4.85. The van der Waals surface area contributed by atoms with Crippen LogP contribution in [0.2, 0.25) is 0 Å². The molecule has 0 aromatic heterocycles. The molecule has 2 saturated carbocycles. The van der Waals surface area contributed by atoms with E-state index >= 15 is 0 Å². The largest absolute Gasteiger partial charge is 0.462 e. The molecule has 2 aliphatic heterocycles. The van der Waals surface area contributed by atoms with Crippen molar-refractivity contribution < 1.29 is 19.1 Å². The van der Waals surface area contributed by atoms with Crippen LogP contribution in [0.25, 0.3) is 0 Å². The van der Waals surface area contributed by atoms with E-state index in [2.05, 4.69) is 41.5 Å². The molecule has 24 heavy (non-hydrogen) atoms. The maximum Gasteiger partial charge on any atom is 0.312 e. The monoisotopic (exact) mass is 336 g/mol. The van der Waals surface area contributed by atoms with Crippen LogP contribution < -0.4 is 0 Å². The SMILES string of the molecule is CC1C2CCC(CC1OC(=O)C1(CC(C)(C)C)CC1(C)C)C(=O)O2. The van der Waals surface area contributed by atoms with Crippen molar-refractivity contribution in [2.24, 2.45) is 28.1 Å². The van der Waals surface area contributed by atoms with Gasteiger partial charge < -0.3 is 9.47 Å². The van der Waals surface area contributed by atoms with Crippen LogP contribution >= 0.6 is 0 Å². The maximum absolute atomic E-state index is 13.1. The fraction of sp³-hybridized carbons (Fsp3) is 0.900. The quantitative estimate of drug-likeness (QED) is 0.728. The molecule has 5 unspecified atom stereocenters. The summed E-state index contributed by atoms with van der Waals surface area (Å²) in [6.45, 7) is 12.9. The summed E-state index contributed by atoms with van der Waals surface area (Å²) in [7, 11) is 0. The molecule has 5 atom stereocenters. The summed E-state index contributed by atoms with van der Waals surface area (Å²) in [4.78, 5) is 25.1. The summed E-state index contributed by atoms with van der Waals surface area (Å²) in [6.07, 6.45) is 3.81. The molecule has 2 aliphatic carbocycles. The lowest BCUT2D eigenvalue weighted by Crippen LogP contribution is -2.36. The van der Waals surface area contributed by atoms with E-state index in [1.54, 1.807) is 0 Å². The van der Waals surface area contributed by atoms with Crippen molar-refractivity contribution >= 4 is 11.9 Å². The van der Waals surface area contributed by atoms with Crippen molar-refractivity contribution in [1.82, 2.24) is 0 Å². The Morgan fingerprint density at radius 1 is 1.29 bits per heavy atom. The summed E-state index contributed by atoms with van der Waals surface area (Å²) >= 11 is 0. The minimum Gasteiger partial charge on any atom is -0.462 e. The van der Waals surface area contributed by atoms with Crippen molar-refractivity contribution in [3.05, 3.63) is 0 Å². The van der Waals surface area contributed by atoms with Gasteiger partial charge in [0.25, 0.3) is 0 Å². The molecule has 0 N–H and O–H groups in total. The Morgan fingerprint density at radius 3 is 2.42 bits per heavy atom. The number of hydrogen-bond acceptors (Lipinski definition) is 4. The van der Waals surface area contributed by atoms with Gasteiger partial charge in [0.05, 0.1) is 11.3 Å². The number of fused-ring (bicyclic) bond motifs is 4. The van der Waals surface area contributed by atoms with Crippen LogP contribution in [-0.2, 0) is 19.1 Å². The average molecular weight is 336 g/mol. The maximum atomic E-state index is 13.1. The molecule has 0 aromatic rings.